The first kappa shape index (κ1) is 14.3. The Hall–Kier alpha value is -2.15. The highest BCUT2D eigenvalue weighted by atomic mass is 16.3. The van der Waals surface area contributed by atoms with Crippen molar-refractivity contribution in [1.29, 1.82) is 5.26 Å². The Bertz CT molecular complexity index is 567. The number of nitriles is 1. The highest BCUT2D eigenvalue weighted by Gasteiger charge is 1.99. The van der Waals surface area contributed by atoms with E-state index in [4.69, 9.17) is 10.4 Å². The SMILES string of the molecule is N#Cc1ccc(-c2ccc(CNCCCO)cc2)cc1. The largest absolute Gasteiger partial charge is 0.396 e. The quantitative estimate of drug-likeness (QED) is 0.790. The van der Waals surface area contributed by atoms with Crippen LogP contribution in [-0.2, 0) is 6.54 Å². The zero-order valence-electron chi connectivity index (χ0n) is 11.3. The van der Waals surface area contributed by atoms with Crippen LogP contribution in [0.3, 0.4) is 0 Å². The summed E-state index contributed by atoms with van der Waals surface area (Å²) >= 11 is 0. The summed E-state index contributed by atoms with van der Waals surface area (Å²) in [7, 11) is 0. The minimum absolute atomic E-state index is 0.227. The standard InChI is InChI=1S/C17H18N2O/c18-12-14-2-6-16(7-3-14)17-8-4-15(5-9-17)13-19-10-1-11-20/h2-9,19-20H,1,10-11,13H2. The minimum atomic E-state index is 0.227. The van der Waals surface area contributed by atoms with Crippen LogP contribution in [0.5, 0.6) is 0 Å². The van der Waals surface area contributed by atoms with Crippen molar-refractivity contribution in [1.82, 2.24) is 5.32 Å². The van der Waals surface area contributed by atoms with Crippen molar-refractivity contribution in [3.05, 3.63) is 59.7 Å². The normalized spacial score (nSPS) is 10.2. The van der Waals surface area contributed by atoms with Gasteiger partial charge >= 0.3 is 0 Å². The van der Waals surface area contributed by atoms with Crippen LogP contribution >= 0.6 is 0 Å². The molecule has 0 aliphatic carbocycles. The molecule has 0 saturated carbocycles. The zero-order chi connectivity index (χ0) is 14.2. The van der Waals surface area contributed by atoms with Gasteiger partial charge in [-0.1, -0.05) is 36.4 Å². The maximum atomic E-state index is 8.78. The monoisotopic (exact) mass is 266 g/mol. The number of nitrogens with zero attached hydrogens (tertiary/aromatic N) is 1. The molecule has 0 saturated heterocycles. The topological polar surface area (TPSA) is 56.0 Å². The van der Waals surface area contributed by atoms with Crippen LogP contribution in [0.15, 0.2) is 48.5 Å². The molecule has 0 radical (unpaired) electrons. The van der Waals surface area contributed by atoms with Gasteiger partial charge in [0.2, 0.25) is 0 Å². The van der Waals surface area contributed by atoms with Gasteiger partial charge in [-0.2, -0.15) is 5.26 Å². The Morgan fingerprint density at radius 2 is 1.55 bits per heavy atom. The van der Waals surface area contributed by atoms with Crippen LogP contribution < -0.4 is 5.32 Å². The van der Waals surface area contributed by atoms with E-state index in [1.807, 2.05) is 24.3 Å². The first-order valence-corrected chi connectivity index (χ1v) is 6.74. The molecule has 0 aromatic heterocycles. The maximum Gasteiger partial charge on any atom is 0.0991 e. The third kappa shape index (κ3) is 3.92. The molecule has 3 heteroatoms. The highest BCUT2D eigenvalue weighted by molar-refractivity contribution is 5.64. The lowest BCUT2D eigenvalue weighted by Crippen LogP contribution is -2.15. The van der Waals surface area contributed by atoms with Crippen molar-refractivity contribution in [2.24, 2.45) is 0 Å². The van der Waals surface area contributed by atoms with E-state index >= 15 is 0 Å². The van der Waals surface area contributed by atoms with E-state index in [1.54, 1.807) is 0 Å². The van der Waals surface area contributed by atoms with Crippen molar-refractivity contribution in [2.45, 2.75) is 13.0 Å². The molecule has 102 valence electrons. The van der Waals surface area contributed by atoms with E-state index in [0.717, 1.165) is 30.6 Å². The molecule has 0 fully saturated rings. The summed E-state index contributed by atoms with van der Waals surface area (Å²) in [6.45, 7) is 1.87. The number of benzene rings is 2. The van der Waals surface area contributed by atoms with Crippen molar-refractivity contribution < 1.29 is 5.11 Å². The molecule has 0 atom stereocenters. The van der Waals surface area contributed by atoms with Gasteiger partial charge in [-0.3, -0.25) is 0 Å². The van der Waals surface area contributed by atoms with Gasteiger partial charge < -0.3 is 10.4 Å². The summed E-state index contributed by atoms with van der Waals surface area (Å²) in [5, 5.41) is 20.8. The third-order valence-electron chi connectivity index (χ3n) is 3.14. The van der Waals surface area contributed by atoms with Crippen molar-refractivity contribution in [3.63, 3.8) is 0 Å². The third-order valence-corrected chi connectivity index (χ3v) is 3.14. The highest BCUT2D eigenvalue weighted by Crippen LogP contribution is 2.20. The second-order valence-corrected chi connectivity index (χ2v) is 4.64. The Morgan fingerprint density at radius 3 is 2.10 bits per heavy atom. The fourth-order valence-corrected chi connectivity index (χ4v) is 1.99. The number of hydrogen-bond acceptors (Lipinski definition) is 3. The second kappa shape index (κ2) is 7.44. The summed E-state index contributed by atoms with van der Waals surface area (Å²) in [6.07, 6.45) is 0.781. The molecule has 2 aromatic carbocycles. The first-order chi connectivity index (χ1) is 9.83. The van der Waals surface area contributed by atoms with Gasteiger partial charge in [0.1, 0.15) is 0 Å². The molecular weight excluding hydrogens is 248 g/mol. The molecule has 2 N–H and O–H groups in total. The van der Waals surface area contributed by atoms with Crippen LogP contribution in [-0.4, -0.2) is 18.3 Å². The first-order valence-electron chi connectivity index (χ1n) is 6.74. The van der Waals surface area contributed by atoms with Gasteiger partial charge in [0, 0.05) is 13.2 Å². The van der Waals surface area contributed by atoms with Gasteiger partial charge in [-0.15, -0.1) is 0 Å². The molecule has 0 aliphatic heterocycles. The molecule has 0 bridgehead atoms. The number of nitrogens with one attached hydrogen (secondary N) is 1. The summed E-state index contributed by atoms with van der Waals surface area (Å²) < 4.78 is 0. The Kier molecular flexibility index (Phi) is 5.31. The summed E-state index contributed by atoms with van der Waals surface area (Å²) in [6, 6.07) is 18.1. The Balaban J connectivity index is 1.98. The molecule has 0 aliphatic rings. The summed E-state index contributed by atoms with van der Waals surface area (Å²) in [4.78, 5) is 0. The number of aliphatic hydroxyl groups is 1. The molecule has 2 aromatic rings. The lowest BCUT2D eigenvalue weighted by molar-refractivity contribution is 0.286. The van der Waals surface area contributed by atoms with Crippen molar-refractivity contribution in [2.75, 3.05) is 13.2 Å². The molecule has 3 nitrogen and oxygen atoms in total. The Morgan fingerprint density at radius 1 is 0.950 bits per heavy atom. The molecule has 0 spiro atoms. The smallest absolute Gasteiger partial charge is 0.0991 e. The molecule has 20 heavy (non-hydrogen) atoms. The van der Waals surface area contributed by atoms with Crippen molar-refractivity contribution in [3.8, 4) is 17.2 Å². The van der Waals surface area contributed by atoms with E-state index < -0.39 is 0 Å². The van der Waals surface area contributed by atoms with Gasteiger partial charge in [0.15, 0.2) is 0 Å². The number of aliphatic hydroxyl groups excluding tert-OH is 1. The molecule has 2 rings (SSSR count). The van der Waals surface area contributed by atoms with Gasteiger partial charge in [0.05, 0.1) is 11.6 Å². The van der Waals surface area contributed by atoms with Crippen LogP contribution in [0, 0.1) is 11.3 Å². The Labute approximate surface area is 119 Å². The predicted molar refractivity (Wildman–Crippen MR) is 80.0 cm³/mol. The number of hydrogen-bond donors (Lipinski definition) is 2. The predicted octanol–water partition coefficient (Wildman–Crippen LogP) is 2.70. The lowest BCUT2D eigenvalue weighted by atomic mass is 10.0. The molecule has 0 unspecified atom stereocenters. The van der Waals surface area contributed by atoms with Crippen LogP contribution in [0.2, 0.25) is 0 Å². The van der Waals surface area contributed by atoms with Gasteiger partial charge in [0.25, 0.3) is 0 Å². The van der Waals surface area contributed by atoms with Gasteiger partial charge in [-0.05, 0) is 41.8 Å². The summed E-state index contributed by atoms with van der Waals surface area (Å²) in [5.41, 5.74) is 4.16. The fraction of sp³-hybridized carbons (Fsp3) is 0.235. The van der Waals surface area contributed by atoms with Crippen LogP contribution in [0.25, 0.3) is 11.1 Å². The summed E-state index contributed by atoms with van der Waals surface area (Å²) in [5.74, 6) is 0. The second-order valence-electron chi connectivity index (χ2n) is 4.64. The molecular formula is C17H18N2O. The van der Waals surface area contributed by atoms with Crippen LogP contribution in [0.1, 0.15) is 17.5 Å². The van der Waals surface area contributed by atoms with E-state index in [9.17, 15) is 0 Å². The minimum Gasteiger partial charge on any atom is -0.396 e. The van der Waals surface area contributed by atoms with Gasteiger partial charge in [-0.25, -0.2) is 0 Å². The molecule has 0 heterocycles. The van der Waals surface area contributed by atoms with E-state index in [0.29, 0.717) is 5.56 Å². The van der Waals surface area contributed by atoms with Crippen LogP contribution in [0.4, 0.5) is 0 Å². The molecule has 0 amide bonds. The fourth-order valence-electron chi connectivity index (χ4n) is 1.99. The number of rotatable bonds is 6. The zero-order valence-corrected chi connectivity index (χ0v) is 11.3. The average molecular weight is 266 g/mol. The van der Waals surface area contributed by atoms with E-state index in [2.05, 4.69) is 35.7 Å². The lowest BCUT2D eigenvalue weighted by Gasteiger charge is -2.06. The van der Waals surface area contributed by atoms with Crippen molar-refractivity contribution >= 4 is 0 Å². The maximum absolute atomic E-state index is 8.78. The van der Waals surface area contributed by atoms with E-state index in [-0.39, 0.29) is 6.61 Å². The average Bonchev–Trinajstić information content (AvgIpc) is 2.52. The van der Waals surface area contributed by atoms with E-state index in [1.165, 1.54) is 5.56 Å².